The molecule has 3 nitrogen and oxygen atoms in total. The zero-order chi connectivity index (χ0) is 8.97. The molecule has 0 aromatic rings. The normalized spacial score (nSPS) is 22.7. The molecule has 0 radical (unpaired) electrons. The molecule has 1 rings (SSSR count). The Bertz CT molecular complexity index is 145. The molecule has 0 aromatic carbocycles. The highest BCUT2D eigenvalue weighted by atomic mass is 16.3. The van der Waals surface area contributed by atoms with E-state index in [2.05, 4.69) is 11.8 Å². The van der Waals surface area contributed by atoms with Crippen LogP contribution < -0.4 is 0 Å². The van der Waals surface area contributed by atoms with E-state index in [1.807, 2.05) is 0 Å². The third-order valence-electron chi connectivity index (χ3n) is 2.55. The van der Waals surface area contributed by atoms with Crippen LogP contribution in [0, 0.1) is 0 Å². The zero-order valence-electron chi connectivity index (χ0n) is 7.62. The van der Waals surface area contributed by atoms with Crippen LogP contribution in [0.2, 0.25) is 0 Å². The number of hydrogen-bond donors (Lipinski definition) is 1. The maximum atomic E-state index is 10.9. The van der Waals surface area contributed by atoms with E-state index in [1.54, 1.807) is 0 Å². The fraction of sp³-hybridized carbons (Fsp3) is 0.889. The van der Waals surface area contributed by atoms with Gasteiger partial charge in [-0.05, 0) is 6.42 Å². The summed E-state index contributed by atoms with van der Waals surface area (Å²) in [4.78, 5) is 13.1. The summed E-state index contributed by atoms with van der Waals surface area (Å²) in [6.07, 6.45) is 2.29. The minimum Gasteiger partial charge on any atom is -0.395 e. The molecular formula is C9H17NO2. The van der Waals surface area contributed by atoms with Crippen molar-refractivity contribution in [3.63, 3.8) is 0 Å². The third kappa shape index (κ3) is 2.29. The molecule has 1 saturated heterocycles. The van der Waals surface area contributed by atoms with Crippen LogP contribution in [0.5, 0.6) is 0 Å². The van der Waals surface area contributed by atoms with Gasteiger partial charge in [-0.3, -0.25) is 9.69 Å². The minimum absolute atomic E-state index is 0.213. The van der Waals surface area contributed by atoms with E-state index in [1.165, 1.54) is 0 Å². The summed E-state index contributed by atoms with van der Waals surface area (Å²) in [6.45, 7) is 3.94. The summed E-state index contributed by atoms with van der Waals surface area (Å²) in [7, 11) is 0. The largest absolute Gasteiger partial charge is 0.395 e. The lowest BCUT2D eigenvalue weighted by atomic mass is 10.1. The van der Waals surface area contributed by atoms with E-state index < -0.39 is 0 Å². The number of nitrogens with zero attached hydrogens (tertiary/aromatic N) is 1. The second-order valence-electron chi connectivity index (χ2n) is 3.32. The van der Waals surface area contributed by atoms with Crippen LogP contribution in [0.1, 0.15) is 26.2 Å². The van der Waals surface area contributed by atoms with Crippen LogP contribution in [0.3, 0.4) is 0 Å². The molecule has 1 fully saturated rings. The Balaban J connectivity index is 2.37. The number of likely N-dealkylation sites (tertiary alicyclic amines) is 1. The number of carbonyl (C=O) groups excluding carboxylic acids is 1. The number of rotatable bonds is 3. The number of aliphatic hydroxyl groups is 1. The van der Waals surface area contributed by atoms with Gasteiger partial charge in [0.1, 0.15) is 5.78 Å². The molecular weight excluding hydrogens is 154 g/mol. The molecule has 1 atom stereocenters. The topological polar surface area (TPSA) is 40.5 Å². The average molecular weight is 171 g/mol. The summed E-state index contributed by atoms with van der Waals surface area (Å²) < 4.78 is 0. The van der Waals surface area contributed by atoms with Gasteiger partial charge in [-0.1, -0.05) is 6.92 Å². The molecule has 1 heterocycles. The van der Waals surface area contributed by atoms with Gasteiger partial charge in [0.15, 0.2) is 0 Å². The summed E-state index contributed by atoms with van der Waals surface area (Å²) >= 11 is 0. The van der Waals surface area contributed by atoms with Crippen molar-refractivity contribution in [1.29, 1.82) is 0 Å². The van der Waals surface area contributed by atoms with Gasteiger partial charge < -0.3 is 5.11 Å². The molecule has 3 heteroatoms. The summed E-state index contributed by atoms with van der Waals surface area (Å²) in [5, 5.41) is 9.02. The van der Waals surface area contributed by atoms with Gasteiger partial charge in [0.05, 0.1) is 6.61 Å². The van der Waals surface area contributed by atoms with Crippen molar-refractivity contribution < 1.29 is 9.90 Å². The minimum atomic E-state index is 0.213. The Hall–Kier alpha value is -0.410. The van der Waals surface area contributed by atoms with E-state index >= 15 is 0 Å². The maximum Gasteiger partial charge on any atom is 0.135 e. The lowest BCUT2D eigenvalue weighted by Crippen LogP contribution is -2.43. The highest BCUT2D eigenvalue weighted by Crippen LogP contribution is 2.11. The highest BCUT2D eigenvalue weighted by molar-refractivity contribution is 5.79. The molecule has 12 heavy (non-hydrogen) atoms. The molecule has 1 aliphatic rings. The van der Waals surface area contributed by atoms with E-state index in [4.69, 9.17) is 5.11 Å². The first-order valence-corrected chi connectivity index (χ1v) is 4.64. The first-order valence-electron chi connectivity index (χ1n) is 4.64. The molecule has 0 saturated carbocycles. The van der Waals surface area contributed by atoms with Gasteiger partial charge in [-0.15, -0.1) is 0 Å². The zero-order valence-corrected chi connectivity index (χ0v) is 7.62. The smallest absolute Gasteiger partial charge is 0.135 e. The van der Waals surface area contributed by atoms with E-state index in [0.29, 0.717) is 18.6 Å². The summed E-state index contributed by atoms with van der Waals surface area (Å²) in [6, 6.07) is 0.262. The van der Waals surface area contributed by atoms with Crippen LogP contribution in [-0.4, -0.2) is 41.5 Å². The van der Waals surface area contributed by atoms with Gasteiger partial charge in [0.2, 0.25) is 0 Å². The molecule has 0 bridgehead atoms. The van der Waals surface area contributed by atoms with Gasteiger partial charge in [0, 0.05) is 32.0 Å². The van der Waals surface area contributed by atoms with Gasteiger partial charge >= 0.3 is 0 Å². The monoisotopic (exact) mass is 171 g/mol. The van der Waals surface area contributed by atoms with Crippen molar-refractivity contribution in [2.75, 3.05) is 19.7 Å². The SMILES string of the molecule is CC[C@H](CO)N1CCC(=O)CC1. The fourth-order valence-electron chi connectivity index (χ4n) is 1.64. The van der Waals surface area contributed by atoms with Crippen LogP contribution in [0.25, 0.3) is 0 Å². The summed E-state index contributed by atoms with van der Waals surface area (Å²) in [5.41, 5.74) is 0. The lowest BCUT2D eigenvalue weighted by molar-refractivity contribution is -0.122. The van der Waals surface area contributed by atoms with Gasteiger partial charge in [-0.2, -0.15) is 0 Å². The van der Waals surface area contributed by atoms with Crippen molar-refractivity contribution >= 4 is 5.78 Å². The van der Waals surface area contributed by atoms with Gasteiger partial charge in [0.25, 0.3) is 0 Å². The quantitative estimate of drug-likeness (QED) is 0.669. The standard InChI is InChI=1S/C9H17NO2/c1-2-8(7-11)10-5-3-9(12)4-6-10/h8,11H,2-7H2,1H3/t8-/m1/s1. The number of carbonyl (C=O) groups is 1. The van der Waals surface area contributed by atoms with Crippen molar-refractivity contribution in [1.82, 2.24) is 4.90 Å². The second kappa shape index (κ2) is 4.58. The molecule has 0 amide bonds. The van der Waals surface area contributed by atoms with Crippen molar-refractivity contribution in [3.8, 4) is 0 Å². The third-order valence-corrected chi connectivity index (χ3v) is 2.55. The van der Waals surface area contributed by atoms with Crippen molar-refractivity contribution in [3.05, 3.63) is 0 Å². The van der Waals surface area contributed by atoms with Gasteiger partial charge in [-0.25, -0.2) is 0 Å². The lowest BCUT2D eigenvalue weighted by Gasteiger charge is -2.32. The Morgan fingerprint density at radius 1 is 1.50 bits per heavy atom. The Kier molecular flexibility index (Phi) is 3.69. The number of Topliss-reactive ketones (excluding diaryl/α,β-unsaturated/α-hetero) is 1. The van der Waals surface area contributed by atoms with Crippen LogP contribution >= 0.6 is 0 Å². The fourth-order valence-corrected chi connectivity index (χ4v) is 1.64. The molecule has 0 aliphatic carbocycles. The maximum absolute atomic E-state index is 10.9. The molecule has 1 N–H and O–H groups in total. The predicted octanol–water partition coefficient (Wildman–Crippen LogP) is 0.422. The van der Waals surface area contributed by atoms with E-state index in [0.717, 1.165) is 19.5 Å². The first-order chi connectivity index (χ1) is 5.77. The van der Waals surface area contributed by atoms with E-state index in [-0.39, 0.29) is 12.6 Å². The second-order valence-corrected chi connectivity index (χ2v) is 3.32. The first kappa shape index (κ1) is 9.68. The molecule has 70 valence electrons. The molecule has 0 unspecified atom stereocenters. The number of ketones is 1. The molecule has 0 spiro atoms. The Morgan fingerprint density at radius 2 is 2.08 bits per heavy atom. The van der Waals surface area contributed by atoms with Crippen molar-refractivity contribution in [2.45, 2.75) is 32.2 Å². The average Bonchev–Trinajstić information content (AvgIpc) is 2.10. The van der Waals surface area contributed by atoms with Crippen LogP contribution in [0.4, 0.5) is 0 Å². The highest BCUT2D eigenvalue weighted by Gasteiger charge is 2.21. The number of aliphatic hydroxyl groups excluding tert-OH is 1. The van der Waals surface area contributed by atoms with Crippen LogP contribution in [-0.2, 0) is 4.79 Å². The number of piperidine rings is 1. The van der Waals surface area contributed by atoms with Crippen molar-refractivity contribution in [2.24, 2.45) is 0 Å². The Morgan fingerprint density at radius 3 is 2.50 bits per heavy atom. The Labute approximate surface area is 73.4 Å². The van der Waals surface area contributed by atoms with E-state index in [9.17, 15) is 4.79 Å². The predicted molar refractivity (Wildman–Crippen MR) is 47.0 cm³/mol. The van der Waals surface area contributed by atoms with Crippen LogP contribution in [0.15, 0.2) is 0 Å². The number of hydrogen-bond acceptors (Lipinski definition) is 3. The summed E-state index contributed by atoms with van der Waals surface area (Å²) in [5.74, 6) is 0.360. The molecule has 1 aliphatic heterocycles. The molecule has 0 aromatic heterocycles.